The van der Waals surface area contributed by atoms with Gasteiger partial charge in [0.2, 0.25) is 0 Å². The molecule has 96 valence electrons. The smallest absolute Gasteiger partial charge is 0.412 e. The number of hydrogen-bond donors (Lipinski definition) is 1. The van der Waals surface area contributed by atoms with Crippen molar-refractivity contribution in [2.24, 2.45) is 0 Å². The van der Waals surface area contributed by atoms with E-state index in [1.165, 1.54) is 0 Å². The van der Waals surface area contributed by atoms with E-state index in [2.05, 4.69) is 21.9 Å². The lowest BCUT2D eigenvalue weighted by molar-refractivity contribution is 0.176. The summed E-state index contributed by atoms with van der Waals surface area (Å²) in [4.78, 5) is 11.2. The van der Waals surface area contributed by atoms with Crippen LogP contribution in [0.2, 0.25) is 0 Å². The van der Waals surface area contributed by atoms with Crippen LogP contribution in [-0.2, 0) is 4.74 Å². The number of nitrogens with one attached hydrogen (secondary N) is 1. The number of halogens is 3. The van der Waals surface area contributed by atoms with Crippen molar-refractivity contribution in [2.45, 2.75) is 6.42 Å². The Labute approximate surface area is 108 Å². The predicted molar refractivity (Wildman–Crippen MR) is 64.4 cm³/mol. The van der Waals surface area contributed by atoms with Crippen molar-refractivity contribution in [1.29, 1.82) is 0 Å². The summed E-state index contributed by atoms with van der Waals surface area (Å²) in [6.07, 6.45) is -0.412. The highest BCUT2D eigenvalue weighted by molar-refractivity contribution is 6.18. The van der Waals surface area contributed by atoms with Crippen LogP contribution >= 0.6 is 11.6 Å². The van der Waals surface area contributed by atoms with Gasteiger partial charge in [-0.05, 0) is 12.1 Å². The lowest BCUT2D eigenvalue weighted by Gasteiger charge is -2.05. The van der Waals surface area contributed by atoms with Gasteiger partial charge in [0, 0.05) is 18.4 Å². The average Bonchev–Trinajstić information content (AvgIpc) is 2.33. The van der Waals surface area contributed by atoms with Gasteiger partial charge in [0.25, 0.3) is 0 Å². The summed E-state index contributed by atoms with van der Waals surface area (Å²) in [6, 6.07) is 2.71. The lowest BCUT2D eigenvalue weighted by atomic mass is 10.3. The predicted octanol–water partition coefficient (Wildman–Crippen LogP) is 3.15. The van der Waals surface area contributed by atoms with Gasteiger partial charge in [-0.2, -0.15) is 0 Å². The molecule has 6 heteroatoms. The third-order valence-electron chi connectivity index (χ3n) is 1.79. The van der Waals surface area contributed by atoms with E-state index in [4.69, 9.17) is 11.6 Å². The summed E-state index contributed by atoms with van der Waals surface area (Å²) in [5.74, 6) is 4.19. The molecule has 3 nitrogen and oxygen atoms in total. The normalized spacial score (nSPS) is 9.28. The number of amides is 1. The van der Waals surface area contributed by atoms with Crippen LogP contribution in [0.1, 0.15) is 6.42 Å². The summed E-state index contributed by atoms with van der Waals surface area (Å²) >= 11 is 5.38. The van der Waals surface area contributed by atoms with Crippen LogP contribution in [0.25, 0.3) is 0 Å². The van der Waals surface area contributed by atoms with Gasteiger partial charge in [-0.3, -0.25) is 5.32 Å². The molecule has 0 aliphatic heterocycles. The molecule has 0 radical (unpaired) electrons. The quantitative estimate of drug-likeness (QED) is 0.679. The molecular weight excluding hydrogens is 264 g/mol. The summed E-state index contributed by atoms with van der Waals surface area (Å²) in [5.41, 5.74) is -0.284. The van der Waals surface area contributed by atoms with Crippen LogP contribution in [0.5, 0.6) is 0 Å². The molecule has 0 spiro atoms. The zero-order chi connectivity index (χ0) is 13.4. The zero-order valence-corrected chi connectivity index (χ0v) is 10.1. The van der Waals surface area contributed by atoms with Crippen molar-refractivity contribution in [3.8, 4) is 11.8 Å². The fourth-order valence-corrected chi connectivity index (χ4v) is 1.12. The summed E-state index contributed by atoms with van der Waals surface area (Å²) in [5, 5.41) is 2.07. The number of benzene rings is 1. The summed E-state index contributed by atoms with van der Waals surface area (Å²) in [7, 11) is 0. The Morgan fingerprint density at radius 2 is 2.17 bits per heavy atom. The van der Waals surface area contributed by atoms with Gasteiger partial charge < -0.3 is 4.74 Å². The van der Waals surface area contributed by atoms with Crippen LogP contribution in [0.15, 0.2) is 18.2 Å². The minimum atomic E-state index is -0.903. The maximum atomic E-state index is 13.1. The van der Waals surface area contributed by atoms with E-state index in [0.717, 1.165) is 18.2 Å². The van der Waals surface area contributed by atoms with Gasteiger partial charge in [-0.25, -0.2) is 13.6 Å². The molecule has 0 saturated heterocycles. The van der Waals surface area contributed by atoms with Crippen molar-refractivity contribution in [2.75, 3.05) is 17.8 Å². The Bertz CT molecular complexity index is 483. The van der Waals surface area contributed by atoms with Gasteiger partial charge in [-0.15, -0.1) is 11.6 Å². The first-order chi connectivity index (χ1) is 8.63. The van der Waals surface area contributed by atoms with Gasteiger partial charge >= 0.3 is 6.09 Å². The molecule has 0 fully saturated rings. The summed E-state index contributed by atoms with van der Waals surface area (Å²) in [6.45, 7) is -0.139. The van der Waals surface area contributed by atoms with Crippen LogP contribution in [-0.4, -0.2) is 18.6 Å². The number of alkyl halides is 1. The monoisotopic (exact) mass is 273 g/mol. The van der Waals surface area contributed by atoms with Crippen LogP contribution in [0, 0.1) is 23.5 Å². The van der Waals surface area contributed by atoms with E-state index in [1.54, 1.807) is 0 Å². The van der Waals surface area contributed by atoms with Crippen molar-refractivity contribution in [3.05, 3.63) is 29.8 Å². The topological polar surface area (TPSA) is 38.3 Å². The molecule has 1 amide bonds. The number of carbonyl (C=O) groups is 1. The molecule has 0 atom stereocenters. The molecule has 0 aliphatic rings. The van der Waals surface area contributed by atoms with Gasteiger partial charge in [0.1, 0.15) is 11.6 Å². The maximum Gasteiger partial charge on any atom is 0.412 e. The second-order valence-electron chi connectivity index (χ2n) is 3.12. The Balaban J connectivity index is 2.45. The van der Waals surface area contributed by atoms with Gasteiger partial charge in [0.15, 0.2) is 6.61 Å². The third kappa shape index (κ3) is 5.02. The SMILES string of the molecule is O=C(Nc1cc(F)ccc1F)OCC#CCCCl. The highest BCUT2D eigenvalue weighted by Crippen LogP contribution is 2.15. The number of ether oxygens (including phenoxy) is 1. The molecule has 1 N–H and O–H groups in total. The molecule has 0 unspecified atom stereocenters. The van der Waals surface area contributed by atoms with Crippen LogP contribution < -0.4 is 5.32 Å². The second kappa shape index (κ2) is 7.51. The van der Waals surface area contributed by atoms with Crippen molar-refractivity contribution < 1.29 is 18.3 Å². The number of anilines is 1. The lowest BCUT2D eigenvalue weighted by Crippen LogP contribution is -2.14. The molecule has 18 heavy (non-hydrogen) atoms. The zero-order valence-electron chi connectivity index (χ0n) is 9.30. The fraction of sp³-hybridized carbons (Fsp3) is 0.250. The molecule has 0 saturated carbocycles. The molecular formula is C12H10ClF2NO2. The van der Waals surface area contributed by atoms with Gasteiger partial charge in [0.05, 0.1) is 5.69 Å². The Morgan fingerprint density at radius 1 is 1.39 bits per heavy atom. The van der Waals surface area contributed by atoms with Crippen LogP contribution in [0.4, 0.5) is 19.3 Å². The van der Waals surface area contributed by atoms with Crippen molar-refractivity contribution in [3.63, 3.8) is 0 Å². The first kappa shape index (κ1) is 14.3. The number of carbonyl (C=O) groups excluding carboxylic acids is 1. The van der Waals surface area contributed by atoms with Crippen molar-refractivity contribution in [1.82, 2.24) is 0 Å². The average molecular weight is 274 g/mol. The number of hydrogen-bond acceptors (Lipinski definition) is 2. The van der Waals surface area contributed by atoms with E-state index in [1.807, 2.05) is 0 Å². The minimum absolute atomic E-state index is 0.139. The molecule has 0 aromatic heterocycles. The molecule has 0 heterocycles. The molecule has 1 aromatic carbocycles. The number of rotatable bonds is 3. The minimum Gasteiger partial charge on any atom is -0.436 e. The van der Waals surface area contributed by atoms with E-state index in [9.17, 15) is 13.6 Å². The first-order valence-corrected chi connectivity index (χ1v) is 5.57. The highest BCUT2D eigenvalue weighted by atomic mass is 35.5. The molecule has 1 aromatic rings. The Kier molecular flexibility index (Phi) is 5.95. The fourth-order valence-electron chi connectivity index (χ4n) is 1.03. The third-order valence-corrected chi connectivity index (χ3v) is 1.97. The van der Waals surface area contributed by atoms with E-state index in [0.29, 0.717) is 12.3 Å². The van der Waals surface area contributed by atoms with E-state index >= 15 is 0 Å². The molecule has 0 aliphatic carbocycles. The second-order valence-corrected chi connectivity index (χ2v) is 3.50. The highest BCUT2D eigenvalue weighted by Gasteiger charge is 2.08. The molecule has 0 bridgehead atoms. The Morgan fingerprint density at radius 3 is 2.89 bits per heavy atom. The van der Waals surface area contributed by atoms with Crippen molar-refractivity contribution >= 4 is 23.4 Å². The van der Waals surface area contributed by atoms with E-state index < -0.39 is 17.7 Å². The largest absolute Gasteiger partial charge is 0.436 e. The Hall–Kier alpha value is -1.80. The standard InChI is InChI=1S/C12H10ClF2NO2/c13-6-2-1-3-7-18-12(17)16-11-8-9(14)4-5-10(11)15/h4-5,8H,2,6-7H2,(H,16,17). The maximum absolute atomic E-state index is 13.1. The first-order valence-electron chi connectivity index (χ1n) is 5.04. The van der Waals surface area contributed by atoms with Gasteiger partial charge in [-0.1, -0.05) is 11.8 Å². The molecule has 1 rings (SSSR count). The van der Waals surface area contributed by atoms with E-state index in [-0.39, 0.29) is 12.3 Å². The summed E-state index contributed by atoms with van der Waals surface area (Å²) < 4.78 is 30.6. The van der Waals surface area contributed by atoms with Crippen LogP contribution in [0.3, 0.4) is 0 Å².